The lowest BCUT2D eigenvalue weighted by Crippen LogP contribution is -2.62. The Morgan fingerprint density at radius 1 is 1.05 bits per heavy atom. The average Bonchev–Trinajstić information content (AvgIpc) is 3.59. The molecule has 40 heavy (non-hydrogen) atoms. The normalized spacial score (nSPS) is 21.8. The second-order valence-corrected chi connectivity index (χ2v) is 12.5. The van der Waals surface area contributed by atoms with Crippen molar-refractivity contribution in [3.63, 3.8) is 0 Å². The monoisotopic (exact) mass is 539 g/mol. The molecule has 1 aromatic carbocycles. The molecule has 1 fully saturated rings. The summed E-state index contributed by atoms with van der Waals surface area (Å²) in [5.41, 5.74) is 1.52. The van der Waals surface area contributed by atoms with Crippen molar-refractivity contribution in [1.82, 2.24) is 34.6 Å². The first kappa shape index (κ1) is 26.2. The number of anilines is 1. The van der Waals surface area contributed by atoms with E-state index >= 15 is 0 Å². The number of benzene rings is 1. The Hall–Kier alpha value is -4.05. The fraction of sp³-hybridized carbons (Fsp3) is 0.433. The summed E-state index contributed by atoms with van der Waals surface area (Å²) in [6, 6.07) is 7.90. The Bertz CT molecular complexity index is 1640. The number of fused-ring (bicyclic) bond motifs is 1. The van der Waals surface area contributed by atoms with Gasteiger partial charge in [0.05, 0.1) is 35.9 Å². The molecule has 0 saturated carbocycles. The molecule has 0 amide bonds. The first-order chi connectivity index (χ1) is 18.9. The maximum atomic E-state index is 11.0. The molecule has 1 unspecified atom stereocenters. The van der Waals surface area contributed by atoms with Crippen molar-refractivity contribution in [2.75, 3.05) is 18.5 Å². The predicted molar refractivity (Wildman–Crippen MR) is 154 cm³/mol. The summed E-state index contributed by atoms with van der Waals surface area (Å²) in [5, 5.41) is 25.5. The van der Waals surface area contributed by atoms with Gasteiger partial charge in [-0.25, -0.2) is 9.97 Å². The number of phenolic OH excluding ortho intramolecular Hbond substituents is 1. The smallest absolute Gasteiger partial charge is 0.151 e. The minimum Gasteiger partial charge on any atom is -0.507 e. The van der Waals surface area contributed by atoms with E-state index in [2.05, 4.69) is 71.2 Å². The number of aryl methyl sites for hydroxylation is 1. The van der Waals surface area contributed by atoms with Crippen LogP contribution in [-0.2, 0) is 12.6 Å². The van der Waals surface area contributed by atoms with E-state index in [1.165, 1.54) is 0 Å². The van der Waals surface area contributed by atoms with Crippen LogP contribution in [0.15, 0.2) is 60.5 Å². The summed E-state index contributed by atoms with van der Waals surface area (Å²) >= 11 is 0. The van der Waals surface area contributed by atoms with Crippen molar-refractivity contribution < 1.29 is 5.11 Å². The number of hydrogen-bond donors (Lipinski definition) is 2. The van der Waals surface area contributed by atoms with Gasteiger partial charge in [-0.3, -0.25) is 4.99 Å². The maximum absolute atomic E-state index is 11.0. The van der Waals surface area contributed by atoms with Gasteiger partial charge in [0.1, 0.15) is 11.3 Å². The Morgan fingerprint density at radius 3 is 2.45 bits per heavy atom. The predicted octanol–water partition coefficient (Wildman–Crippen LogP) is 2.38. The van der Waals surface area contributed by atoms with Crippen molar-refractivity contribution in [3.05, 3.63) is 71.8 Å². The minimum atomic E-state index is -0.631. The third-order valence-corrected chi connectivity index (χ3v) is 8.15. The number of hydrogen-bond acceptors (Lipinski definition) is 8. The number of aromatic hydroxyl groups is 1. The number of aromatic nitrogens is 6. The quantitative estimate of drug-likeness (QED) is 0.401. The average molecular weight is 540 g/mol. The zero-order valence-electron chi connectivity index (χ0n) is 24.0. The first-order valence-electron chi connectivity index (χ1n) is 13.7. The van der Waals surface area contributed by atoms with E-state index in [9.17, 15) is 5.11 Å². The van der Waals surface area contributed by atoms with Gasteiger partial charge in [0.25, 0.3) is 0 Å². The van der Waals surface area contributed by atoms with Gasteiger partial charge < -0.3 is 24.5 Å². The van der Waals surface area contributed by atoms with Crippen molar-refractivity contribution in [2.45, 2.75) is 63.2 Å². The highest BCUT2D eigenvalue weighted by Gasteiger charge is 2.39. The number of nitrogens with zero attached hydrogens (tertiary/aromatic N) is 8. The number of imidazole rings is 2. The van der Waals surface area contributed by atoms with Crippen LogP contribution in [0, 0.1) is 0 Å². The minimum absolute atomic E-state index is 0.0335. The summed E-state index contributed by atoms with van der Waals surface area (Å²) in [7, 11) is 4.04. The zero-order valence-corrected chi connectivity index (χ0v) is 24.0. The summed E-state index contributed by atoms with van der Waals surface area (Å²) in [6.07, 6.45) is 13.4. The second kappa shape index (κ2) is 9.26. The molecular weight excluding hydrogens is 502 g/mol. The largest absolute Gasteiger partial charge is 0.507 e. The molecule has 2 aliphatic rings. The Morgan fingerprint density at radius 2 is 1.82 bits per heavy atom. The van der Waals surface area contributed by atoms with Crippen molar-refractivity contribution in [3.8, 4) is 17.0 Å². The van der Waals surface area contributed by atoms with Crippen LogP contribution in [0.1, 0.15) is 46.2 Å². The number of rotatable bonds is 5. The van der Waals surface area contributed by atoms with Gasteiger partial charge in [0.15, 0.2) is 5.82 Å². The van der Waals surface area contributed by atoms with Gasteiger partial charge in [-0.1, -0.05) is 0 Å². The molecule has 0 radical (unpaired) electrons. The Kier molecular flexibility index (Phi) is 6.06. The van der Waals surface area contributed by atoms with E-state index in [4.69, 9.17) is 4.99 Å². The van der Waals surface area contributed by atoms with Crippen molar-refractivity contribution in [2.24, 2.45) is 12.0 Å². The summed E-state index contributed by atoms with van der Waals surface area (Å²) < 4.78 is 3.96. The maximum Gasteiger partial charge on any atom is 0.151 e. The van der Waals surface area contributed by atoms with E-state index < -0.39 is 5.54 Å². The molecule has 2 N–H and O–H groups in total. The first-order valence-corrected chi connectivity index (χ1v) is 13.7. The topological polar surface area (TPSA) is 109 Å². The van der Waals surface area contributed by atoms with Gasteiger partial charge in [-0.2, -0.15) is 0 Å². The van der Waals surface area contributed by atoms with E-state index in [0.29, 0.717) is 23.8 Å². The lowest BCUT2D eigenvalue weighted by Gasteiger charge is -2.49. The molecule has 1 atom stereocenters. The lowest BCUT2D eigenvalue weighted by atomic mass is 9.79. The molecular formula is C30H37N9O. The number of nitrogens with one attached hydrogen (secondary N) is 1. The molecule has 10 nitrogen and oxygen atoms in total. The fourth-order valence-electron chi connectivity index (χ4n) is 6.52. The molecule has 0 spiro atoms. The van der Waals surface area contributed by atoms with Crippen LogP contribution in [0.2, 0.25) is 0 Å². The van der Waals surface area contributed by atoms with Crippen LogP contribution in [-0.4, -0.2) is 65.1 Å². The molecule has 208 valence electrons. The van der Waals surface area contributed by atoms with E-state index in [0.717, 1.165) is 34.9 Å². The molecule has 4 aromatic rings. The number of piperidine rings is 1. The Labute approximate surface area is 234 Å². The standard InChI is InChI=1S/C30H37N9O/c1-28(2)14-21(15-29(3,4)36-28)38(6)27-8-7-23(34-35-27)22-11-20-13-30(39-10-9-31-18-39,26-16-37(5)19-33-26)17-32-24(20)12-25(22)40/h7-13,16,18-19,21,36,40H,14-15,17H2,1-6H3. The van der Waals surface area contributed by atoms with Gasteiger partial charge >= 0.3 is 0 Å². The van der Waals surface area contributed by atoms with E-state index in [1.807, 2.05) is 46.8 Å². The molecule has 6 rings (SSSR count). The zero-order chi connectivity index (χ0) is 28.3. The molecule has 0 bridgehead atoms. The SMILES string of the molecule is CN(c1ccc(-c2cc3c(cc2O)=NCC(c2cn(C)cn2)(n2ccnc2)C=3)nn1)C1CC(C)(C)NC(C)(C)C1. The highest BCUT2D eigenvalue weighted by Crippen LogP contribution is 2.34. The molecule has 5 heterocycles. The summed E-state index contributed by atoms with van der Waals surface area (Å²) in [6.45, 7) is 9.45. The van der Waals surface area contributed by atoms with Crippen LogP contribution in [0.5, 0.6) is 5.75 Å². The van der Waals surface area contributed by atoms with Crippen LogP contribution < -0.4 is 20.8 Å². The highest BCUT2D eigenvalue weighted by molar-refractivity contribution is 5.68. The fourth-order valence-corrected chi connectivity index (χ4v) is 6.52. The van der Waals surface area contributed by atoms with Crippen molar-refractivity contribution >= 4 is 11.9 Å². The molecule has 3 aromatic heterocycles. The summed E-state index contributed by atoms with van der Waals surface area (Å²) in [4.78, 5) is 16.0. The molecule has 2 aliphatic heterocycles. The third-order valence-electron chi connectivity index (χ3n) is 8.15. The lowest BCUT2D eigenvalue weighted by molar-refractivity contribution is 0.160. The Balaban J connectivity index is 1.36. The molecule has 1 saturated heterocycles. The van der Waals surface area contributed by atoms with Crippen LogP contribution in [0.4, 0.5) is 5.82 Å². The van der Waals surface area contributed by atoms with Gasteiger partial charge in [0, 0.05) is 61.4 Å². The van der Waals surface area contributed by atoms with E-state index in [1.54, 1.807) is 24.9 Å². The molecule has 0 aliphatic carbocycles. The van der Waals surface area contributed by atoms with Crippen LogP contribution in [0.25, 0.3) is 17.3 Å². The van der Waals surface area contributed by atoms with Gasteiger partial charge in [-0.15, -0.1) is 10.2 Å². The number of phenols is 1. The second-order valence-electron chi connectivity index (χ2n) is 12.5. The third kappa shape index (κ3) is 4.66. The van der Waals surface area contributed by atoms with Crippen molar-refractivity contribution in [1.29, 1.82) is 0 Å². The van der Waals surface area contributed by atoms with Crippen LogP contribution in [0.3, 0.4) is 0 Å². The van der Waals surface area contributed by atoms with Gasteiger partial charge in [-0.05, 0) is 70.0 Å². The van der Waals surface area contributed by atoms with Crippen LogP contribution >= 0.6 is 0 Å². The van der Waals surface area contributed by atoms with Gasteiger partial charge in [0.2, 0.25) is 0 Å². The summed E-state index contributed by atoms with van der Waals surface area (Å²) in [5.74, 6) is 0.941. The molecule has 10 heteroatoms. The van der Waals surface area contributed by atoms with E-state index in [-0.39, 0.29) is 16.8 Å². The highest BCUT2D eigenvalue weighted by atomic mass is 16.3.